The summed E-state index contributed by atoms with van der Waals surface area (Å²) in [4.78, 5) is 18.8. The second-order valence-corrected chi connectivity index (χ2v) is 8.20. The Labute approximate surface area is 219 Å². The third kappa shape index (κ3) is 5.82. The Morgan fingerprint density at radius 3 is 2.42 bits per heavy atom. The minimum Gasteiger partial charge on any atom is -0.476 e. The fourth-order valence-corrected chi connectivity index (χ4v) is 4.01. The number of aromatic nitrogens is 2. The van der Waals surface area contributed by atoms with Crippen molar-refractivity contribution in [2.45, 2.75) is 40.5 Å². The van der Waals surface area contributed by atoms with E-state index in [2.05, 4.69) is 15.3 Å². The van der Waals surface area contributed by atoms with Gasteiger partial charge >= 0.3 is 5.97 Å². The largest absolute Gasteiger partial charge is 0.476 e. The van der Waals surface area contributed by atoms with Crippen LogP contribution in [0.15, 0.2) is 48.5 Å². The van der Waals surface area contributed by atoms with Crippen LogP contribution in [0.3, 0.4) is 0 Å². The van der Waals surface area contributed by atoms with Gasteiger partial charge in [0, 0.05) is 30.8 Å². The van der Waals surface area contributed by atoms with Gasteiger partial charge in [-0.2, -0.15) is 0 Å². The van der Waals surface area contributed by atoms with Crippen molar-refractivity contribution in [3.63, 3.8) is 0 Å². The van der Waals surface area contributed by atoms with E-state index in [1.807, 2.05) is 45.0 Å². The van der Waals surface area contributed by atoms with Crippen LogP contribution in [-0.4, -0.2) is 28.1 Å². The standard InChI is InChI=1S/C27H24F3N3O3.C2H6/c1-4-17-21(31-3)13-20(29)25(23(17)30)36-16-9-10-19(28)18(12-16)26-32-22(24(33-26)27(34)35)11-15-8-6-5-7-14(15)2;1-2/h5-10,12-13,31H,4,11H2,1-3H3,(H,32,33)(H,34,35);1-2H3. The first kappa shape index (κ1) is 28.3. The summed E-state index contributed by atoms with van der Waals surface area (Å²) in [5, 5.41) is 12.4. The Morgan fingerprint density at radius 1 is 1.08 bits per heavy atom. The van der Waals surface area contributed by atoms with Crippen molar-refractivity contribution in [2.75, 3.05) is 12.4 Å². The van der Waals surface area contributed by atoms with Crippen molar-refractivity contribution in [1.29, 1.82) is 0 Å². The average molecular weight is 526 g/mol. The molecule has 0 aliphatic rings. The van der Waals surface area contributed by atoms with E-state index in [-0.39, 0.29) is 34.8 Å². The van der Waals surface area contributed by atoms with Gasteiger partial charge in [-0.25, -0.2) is 22.9 Å². The van der Waals surface area contributed by atoms with E-state index in [4.69, 9.17) is 4.74 Å². The molecule has 1 aromatic heterocycles. The fourth-order valence-electron chi connectivity index (χ4n) is 4.01. The lowest BCUT2D eigenvalue weighted by atomic mass is 10.0. The third-order valence-corrected chi connectivity index (χ3v) is 5.92. The SMILES string of the molecule is CC.CCc1c(NC)cc(F)c(Oc2ccc(F)c(-c3nc(C(=O)O)c(Cc4ccccc4C)[nH]3)c2)c1F. The fraction of sp³-hybridized carbons (Fsp3) is 0.241. The molecule has 4 rings (SSSR count). The molecule has 1 heterocycles. The number of carboxylic acid groups (broad SMARTS) is 1. The van der Waals surface area contributed by atoms with Crippen LogP contribution in [0.4, 0.5) is 18.9 Å². The van der Waals surface area contributed by atoms with E-state index in [0.29, 0.717) is 17.8 Å². The van der Waals surface area contributed by atoms with Gasteiger partial charge < -0.3 is 20.1 Å². The van der Waals surface area contributed by atoms with Crippen molar-refractivity contribution in [3.8, 4) is 22.9 Å². The van der Waals surface area contributed by atoms with E-state index in [1.54, 1.807) is 14.0 Å². The molecule has 3 aromatic carbocycles. The van der Waals surface area contributed by atoms with Crippen LogP contribution in [0.5, 0.6) is 11.5 Å². The molecule has 0 saturated heterocycles. The minimum atomic E-state index is -1.27. The Balaban J connectivity index is 0.00000195. The highest BCUT2D eigenvalue weighted by Gasteiger charge is 2.22. The normalized spacial score (nSPS) is 10.5. The maximum absolute atomic E-state index is 15.0. The molecule has 0 amide bonds. The smallest absolute Gasteiger partial charge is 0.356 e. The topological polar surface area (TPSA) is 87.2 Å². The highest BCUT2D eigenvalue weighted by Crippen LogP contribution is 2.36. The molecule has 0 aliphatic heterocycles. The predicted octanol–water partition coefficient (Wildman–Crippen LogP) is 7.51. The number of anilines is 1. The quantitative estimate of drug-likeness (QED) is 0.222. The van der Waals surface area contributed by atoms with E-state index in [1.165, 1.54) is 12.1 Å². The number of halogens is 3. The number of hydrogen-bond donors (Lipinski definition) is 3. The van der Waals surface area contributed by atoms with Crippen molar-refractivity contribution < 1.29 is 27.8 Å². The zero-order valence-electron chi connectivity index (χ0n) is 21.9. The molecule has 38 heavy (non-hydrogen) atoms. The number of carbonyl (C=O) groups is 1. The average Bonchev–Trinajstić information content (AvgIpc) is 3.33. The molecule has 0 spiro atoms. The number of aromatic carboxylic acids is 1. The Morgan fingerprint density at radius 2 is 1.79 bits per heavy atom. The minimum absolute atomic E-state index is 0.0420. The number of rotatable bonds is 8. The van der Waals surface area contributed by atoms with E-state index < -0.39 is 29.2 Å². The van der Waals surface area contributed by atoms with Gasteiger partial charge in [0.05, 0.1) is 11.3 Å². The van der Waals surface area contributed by atoms with Crippen molar-refractivity contribution in [2.24, 2.45) is 0 Å². The number of aryl methyl sites for hydroxylation is 1. The second-order valence-electron chi connectivity index (χ2n) is 8.20. The van der Waals surface area contributed by atoms with Crippen LogP contribution in [0, 0.1) is 24.4 Å². The number of carboxylic acids is 1. The number of nitrogens with one attached hydrogen (secondary N) is 2. The summed E-state index contributed by atoms with van der Waals surface area (Å²) in [6.45, 7) is 7.63. The molecule has 0 bridgehead atoms. The highest BCUT2D eigenvalue weighted by molar-refractivity contribution is 5.88. The van der Waals surface area contributed by atoms with Gasteiger partial charge in [-0.1, -0.05) is 45.0 Å². The molecule has 0 fully saturated rings. The Bertz CT molecular complexity index is 1450. The lowest BCUT2D eigenvalue weighted by molar-refractivity contribution is 0.0690. The van der Waals surface area contributed by atoms with Crippen molar-refractivity contribution >= 4 is 11.7 Å². The maximum Gasteiger partial charge on any atom is 0.356 e. The lowest BCUT2D eigenvalue weighted by Gasteiger charge is -2.15. The molecule has 3 N–H and O–H groups in total. The summed E-state index contributed by atoms with van der Waals surface area (Å²) < 4.78 is 49.9. The number of benzene rings is 3. The summed E-state index contributed by atoms with van der Waals surface area (Å²) in [5.74, 6) is -4.47. The Hall–Kier alpha value is -4.27. The van der Waals surface area contributed by atoms with Gasteiger partial charge in [-0.15, -0.1) is 0 Å². The van der Waals surface area contributed by atoms with Gasteiger partial charge in [0.15, 0.2) is 23.1 Å². The number of hydrogen-bond acceptors (Lipinski definition) is 4. The molecule has 4 aromatic rings. The molecule has 6 nitrogen and oxygen atoms in total. The summed E-state index contributed by atoms with van der Waals surface area (Å²) in [5.41, 5.74) is 2.35. The molecule has 200 valence electrons. The summed E-state index contributed by atoms with van der Waals surface area (Å²) in [7, 11) is 1.56. The molecule has 0 atom stereocenters. The molecule has 0 unspecified atom stereocenters. The first-order valence-corrected chi connectivity index (χ1v) is 12.3. The van der Waals surface area contributed by atoms with Gasteiger partial charge in [0.1, 0.15) is 17.4 Å². The zero-order chi connectivity index (χ0) is 28.0. The van der Waals surface area contributed by atoms with E-state index >= 15 is 0 Å². The zero-order valence-corrected chi connectivity index (χ0v) is 21.9. The summed E-state index contributed by atoms with van der Waals surface area (Å²) >= 11 is 0. The number of nitrogens with zero attached hydrogens (tertiary/aromatic N) is 1. The molecular weight excluding hydrogens is 495 g/mol. The third-order valence-electron chi connectivity index (χ3n) is 5.92. The van der Waals surface area contributed by atoms with Crippen molar-refractivity contribution in [3.05, 3.63) is 94.1 Å². The molecular formula is C29H30F3N3O3. The van der Waals surface area contributed by atoms with Crippen LogP contribution in [0.25, 0.3) is 11.4 Å². The summed E-state index contributed by atoms with van der Waals surface area (Å²) in [6.07, 6.45) is 0.536. The first-order valence-electron chi connectivity index (χ1n) is 12.3. The molecule has 0 radical (unpaired) electrons. The van der Waals surface area contributed by atoms with Crippen LogP contribution >= 0.6 is 0 Å². The Kier molecular flexibility index (Phi) is 9.17. The number of H-pyrrole nitrogens is 1. The van der Waals surface area contributed by atoms with Gasteiger partial charge in [-0.05, 0) is 42.7 Å². The van der Waals surface area contributed by atoms with Crippen LogP contribution in [0.2, 0.25) is 0 Å². The van der Waals surface area contributed by atoms with Gasteiger partial charge in [0.25, 0.3) is 0 Å². The van der Waals surface area contributed by atoms with Crippen LogP contribution in [0.1, 0.15) is 53.6 Å². The lowest BCUT2D eigenvalue weighted by Crippen LogP contribution is -2.03. The summed E-state index contributed by atoms with van der Waals surface area (Å²) in [6, 6.07) is 12.1. The van der Waals surface area contributed by atoms with Crippen LogP contribution in [-0.2, 0) is 12.8 Å². The molecule has 0 aliphatic carbocycles. The first-order chi connectivity index (χ1) is 18.2. The second kappa shape index (κ2) is 12.3. The monoisotopic (exact) mass is 525 g/mol. The number of imidazole rings is 1. The van der Waals surface area contributed by atoms with Crippen molar-refractivity contribution in [1.82, 2.24) is 9.97 Å². The van der Waals surface area contributed by atoms with Gasteiger partial charge in [0.2, 0.25) is 0 Å². The highest BCUT2D eigenvalue weighted by atomic mass is 19.1. The molecule has 9 heteroatoms. The number of ether oxygens (including phenoxy) is 1. The van der Waals surface area contributed by atoms with Crippen LogP contribution < -0.4 is 10.1 Å². The predicted molar refractivity (Wildman–Crippen MR) is 142 cm³/mol. The number of aromatic amines is 1. The van der Waals surface area contributed by atoms with Gasteiger partial charge in [-0.3, -0.25) is 0 Å². The molecule has 0 saturated carbocycles. The van der Waals surface area contributed by atoms with E-state index in [9.17, 15) is 23.1 Å². The maximum atomic E-state index is 15.0. The van der Waals surface area contributed by atoms with E-state index in [0.717, 1.165) is 23.3 Å².